The largest absolute Gasteiger partial charge is 0.357 e. The fraction of sp³-hybridized carbons (Fsp3) is 0.706. The molecule has 1 fully saturated rings. The fourth-order valence-corrected chi connectivity index (χ4v) is 3.72. The van der Waals surface area contributed by atoms with E-state index in [4.69, 9.17) is 4.99 Å². The highest BCUT2D eigenvalue weighted by Crippen LogP contribution is 2.16. The van der Waals surface area contributed by atoms with Gasteiger partial charge in [-0.05, 0) is 61.3 Å². The first kappa shape index (κ1) is 21.8. The second-order valence-electron chi connectivity index (χ2n) is 6.58. The Kier molecular flexibility index (Phi) is 9.66. The van der Waals surface area contributed by atoms with Gasteiger partial charge >= 0.3 is 0 Å². The van der Waals surface area contributed by atoms with Crippen LogP contribution < -0.4 is 5.32 Å². The summed E-state index contributed by atoms with van der Waals surface area (Å²) in [6.45, 7) is 7.16. The fourth-order valence-electron chi connectivity index (χ4n) is 3.15. The maximum absolute atomic E-state index is 4.89. The molecule has 0 saturated carbocycles. The van der Waals surface area contributed by atoms with Crippen LogP contribution in [0.4, 0.5) is 0 Å². The standard InChI is InChI=1S/C17H30BrN5.HI/c1-5-19-17(20-10-14-7-6-8-21(2)11-14)23(4)13-16-9-15(18)12-22(16)3;/h9,12,14H,5-8,10-11,13H2,1-4H3,(H,19,20);1H. The number of hydrogen-bond donors (Lipinski definition) is 1. The molecule has 1 saturated heterocycles. The van der Waals surface area contributed by atoms with Crippen LogP contribution >= 0.6 is 39.9 Å². The average molecular weight is 512 g/mol. The van der Waals surface area contributed by atoms with Crippen molar-refractivity contribution in [3.63, 3.8) is 0 Å². The molecular formula is C17H31BrIN5. The van der Waals surface area contributed by atoms with Gasteiger partial charge in [0.2, 0.25) is 0 Å². The van der Waals surface area contributed by atoms with Gasteiger partial charge in [-0.15, -0.1) is 24.0 Å². The number of nitrogens with zero attached hydrogens (tertiary/aromatic N) is 4. The van der Waals surface area contributed by atoms with Gasteiger partial charge in [-0.1, -0.05) is 0 Å². The van der Waals surface area contributed by atoms with E-state index >= 15 is 0 Å². The van der Waals surface area contributed by atoms with Crippen molar-refractivity contribution in [1.29, 1.82) is 0 Å². The molecule has 1 atom stereocenters. The molecule has 1 unspecified atom stereocenters. The molecule has 5 nitrogen and oxygen atoms in total. The number of halogens is 2. The van der Waals surface area contributed by atoms with Gasteiger partial charge in [-0.2, -0.15) is 0 Å². The lowest BCUT2D eigenvalue weighted by molar-refractivity contribution is 0.214. The number of likely N-dealkylation sites (tertiary alicyclic amines) is 1. The number of aromatic nitrogens is 1. The van der Waals surface area contributed by atoms with Crippen molar-refractivity contribution in [2.75, 3.05) is 40.3 Å². The summed E-state index contributed by atoms with van der Waals surface area (Å²) < 4.78 is 3.27. The quantitative estimate of drug-likeness (QED) is 0.375. The highest BCUT2D eigenvalue weighted by Gasteiger charge is 2.17. The summed E-state index contributed by atoms with van der Waals surface area (Å²) in [7, 11) is 6.39. The van der Waals surface area contributed by atoms with Crippen LogP contribution in [0, 0.1) is 5.92 Å². The van der Waals surface area contributed by atoms with Crippen molar-refractivity contribution in [3.05, 3.63) is 22.4 Å². The van der Waals surface area contributed by atoms with E-state index in [1.54, 1.807) is 0 Å². The Hall–Kier alpha value is -0.280. The Morgan fingerprint density at radius 2 is 2.21 bits per heavy atom. The Labute approximate surface area is 172 Å². The minimum atomic E-state index is 0. The van der Waals surface area contributed by atoms with Crippen LogP contribution in [0.15, 0.2) is 21.7 Å². The maximum Gasteiger partial charge on any atom is 0.194 e. The molecule has 0 spiro atoms. The van der Waals surface area contributed by atoms with Gasteiger partial charge in [-0.3, -0.25) is 4.99 Å². The summed E-state index contributed by atoms with van der Waals surface area (Å²) in [6, 6.07) is 2.16. The predicted octanol–water partition coefficient (Wildman–Crippen LogP) is 3.14. The Morgan fingerprint density at radius 1 is 1.46 bits per heavy atom. The van der Waals surface area contributed by atoms with E-state index < -0.39 is 0 Å². The van der Waals surface area contributed by atoms with Crippen molar-refractivity contribution in [2.45, 2.75) is 26.3 Å². The number of guanidine groups is 1. The lowest BCUT2D eigenvalue weighted by atomic mass is 9.99. The molecular weight excluding hydrogens is 481 g/mol. The molecule has 2 heterocycles. The number of aryl methyl sites for hydroxylation is 1. The van der Waals surface area contributed by atoms with E-state index in [-0.39, 0.29) is 24.0 Å². The van der Waals surface area contributed by atoms with Gasteiger partial charge in [0.25, 0.3) is 0 Å². The molecule has 24 heavy (non-hydrogen) atoms. The van der Waals surface area contributed by atoms with E-state index in [2.05, 4.69) is 75.9 Å². The molecule has 1 aliphatic heterocycles. The highest BCUT2D eigenvalue weighted by molar-refractivity contribution is 14.0. The lowest BCUT2D eigenvalue weighted by Crippen LogP contribution is -2.40. The topological polar surface area (TPSA) is 35.8 Å². The van der Waals surface area contributed by atoms with Gasteiger partial charge in [0.05, 0.1) is 6.54 Å². The Morgan fingerprint density at radius 3 is 2.79 bits per heavy atom. The second kappa shape index (κ2) is 10.7. The molecule has 0 amide bonds. The number of aliphatic imine (C=N–C) groups is 1. The van der Waals surface area contributed by atoms with Crippen LogP contribution in [-0.2, 0) is 13.6 Å². The minimum absolute atomic E-state index is 0. The zero-order valence-electron chi connectivity index (χ0n) is 15.3. The Balaban J connectivity index is 0.00000288. The van der Waals surface area contributed by atoms with Crippen molar-refractivity contribution in [3.8, 4) is 0 Å². The van der Waals surface area contributed by atoms with Gasteiger partial charge in [0.15, 0.2) is 5.96 Å². The Bertz CT molecular complexity index is 531. The molecule has 138 valence electrons. The molecule has 0 aromatic carbocycles. The van der Waals surface area contributed by atoms with Crippen molar-refractivity contribution in [2.24, 2.45) is 18.0 Å². The van der Waals surface area contributed by atoms with Crippen molar-refractivity contribution < 1.29 is 0 Å². The molecule has 7 heteroatoms. The summed E-state index contributed by atoms with van der Waals surface area (Å²) in [4.78, 5) is 9.51. The molecule has 0 aliphatic carbocycles. The van der Waals surface area contributed by atoms with Crippen LogP contribution in [0.3, 0.4) is 0 Å². The number of nitrogens with one attached hydrogen (secondary N) is 1. The normalized spacial score (nSPS) is 19.0. The van der Waals surface area contributed by atoms with Crippen LogP contribution in [0.25, 0.3) is 0 Å². The van der Waals surface area contributed by atoms with E-state index in [1.807, 2.05) is 0 Å². The number of piperidine rings is 1. The van der Waals surface area contributed by atoms with Crippen LogP contribution in [-0.4, -0.2) is 60.6 Å². The van der Waals surface area contributed by atoms with Gasteiger partial charge in [-0.25, -0.2) is 0 Å². The van der Waals surface area contributed by atoms with Gasteiger partial charge in [0.1, 0.15) is 0 Å². The summed E-state index contributed by atoms with van der Waals surface area (Å²) in [5, 5.41) is 3.42. The first-order chi connectivity index (χ1) is 11.0. The van der Waals surface area contributed by atoms with E-state index in [0.717, 1.165) is 36.6 Å². The molecule has 0 bridgehead atoms. The SMILES string of the molecule is CCNC(=NCC1CCCN(C)C1)N(C)Cc1cc(Br)cn1C.I. The molecule has 1 aliphatic rings. The van der Waals surface area contributed by atoms with Crippen molar-refractivity contribution >= 4 is 45.9 Å². The minimum Gasteiger partial charge on any atom is -0.357 e. The molecule has 1 aromatic heterocycles. The summed E-state index contributed by atoms with van der Waals surface area (Å²) in [5.74, 6) is 1.68. The first-order valence-corrected chi connectivity index (χ1v) is 9.27. The highest BCUT2D eigenvalue weighted by atomic mass is 127. The zero-order valence-corrected chi connectivity index (χ0v) is 19.2. The number of rotatable bonds is 5. The van der Waals surface area contributed by atoms with E-state index in [9.17, 15) is 0 Å². The monoisotopic (exact) mass is 511 g/mol. The van der Waals surface area contributed by atoms with Crippen molar-refractivity contribution in [1.82, 2.24) is 19.7 Å². The van der Waals surface area contributed by atoms with Gasteiger partial charge < -0.3 is 19.7 Å². The van der Waals surface area contributed by atoms with Crippen LogP contribution in [0.2, 0.25) is 0 Å². The smallest absolute Gasteiger partial charge is 0.194 e. The average Bonchev–Trinajstić information content (AvgIpc) is 2.81. The zero-order chi connectivity index (χ0) is 16.8. The molecule has 1 aromatic rings. The third kappa shape index (κ3) is 6.55. The second-order valence-corrected chi connectivity index (χ2v) is 7.50. The molecule has 1 N–H and O–H groups in total. The third-order valence-electron chi connectivity index (χ3n) is 4.39. The van der Waals surface area contributed by atoms with Crippen LogP contribution in [0.5, 0.6) is 0 Å². The lowest BCUT2D eigenvalue weighted by Gasteiger charge is -2.29. The maximum atomic E-state index is 4.89. The van der Waals surface area contributed by atoms with Crippen LogP contribution in [0.1, 0.15) is 25.5 Å². The number of hydrogen-bond acceptors (Lipinski definition) is 2. The third-order valence-corrected chi connectivity index (χ3v) is 4.83. The summed E-state index contributed by atoms with van der Waals surface area (Å²) in [6.07, 6.45) is 4.67. The molecule has 2 rings (SSSR count). The molecule has 0 radical (unpaired) electrons. The summed E-state index contributed by atoms with van der Waals surface area (Å²) in [5.41, 5.74) is 1.27. The van der Waals surface area contributed by atoms with E-state index in [1.165, 1.54) is 25.1 Å². The predicted molar refractivity (Wildman–Crippen MR) is 116 cm³/mol. The summed E-state index contributed by atoms with van der Waals surface area (Å²) >= 11 is 3.54. The van der Waals surface area contributed by atoms with E-state index in [0.29, 0.717) is 5.92 Å². The first-order valence-electron chi connectivity index (χ1n) is 8.48. The van der Waals surface area contributed by atoms with Gasteiger partial charge in [0, 0.05) is 50.1 Å².